The maximum Gasteiger partial charge on any atom is 0.186 e. The van der Waals surface area contributed by atoms with Crippen LogP contribution in [-0.2, 0) is 0 Å². The van der Waals surface area contributed by atoms with Gasteiger partial charge in [0.2, 0.25) is 0 Å². The van der Waals surface area contributed by atoms with Gasteiger partial charge in [0.15, 0.2) is 5.96 Å². The molecule has 0 aromatic rings. The van der Waals surface area contributed by atoms with Gasteiger partial charge >= 0.3 is 0 Å². The summed E-state index contributed by atoms with van der Waals surface area (Å²) in [5.74, 6) is 3.90. The van der Waals surface area contributed by atoms with Gasteiger partial charge in [0.1, 0.15) is 0 Å². The van der Waals surface area contributed by atoms with Gasteiger partial charge in [-0.2, -0.15) is 0 Å². The minimum absolute atomic E-state index is 0. The molecule has 4 aliphatic rings. The highest BCUT2D eigenvalue weighted by molar-refractivity contribution is 5.85. The molecule has 4 saturated carbocycles. The normalized spacial score (nSPS) is 46.0. The monoisotopic (exact) mass is 229 g/mol. The molecule has 0 unspecified atom stereocenters. The van der Waals surface area contributed by atoms with Crippen LogP contribution in [0.5, 0.6) is 0 Å². The van der Waals surface area contributed by atoms with Crippen LogP contribution in [0, 0.1) is 23.7 Å². The summed E-state index contributed by atoms with van der Waals surface area (Å²) in [6, 6.07) is 0.466. The van der Waals surface area contributed by atoms with Gasteiger partial charge in [-0.3, -0.25) is 0 Å². The topological polar surface area (TPSA) is 64.4 Å². The van der Waals surface area contributed by atoms with Crippen LogP contribution < -0.4 is 11.5 Å². The van der Waals surface area contributed by atoms with Crippen molar-refractivity contribution in [3.63, 3.8) is 0 Å². The molecule has 0 heterocycles. The molecular weight excluding hydrogens is 210 g/mol. The summed E-state index contributed by atoms with van der Waals surface area (Å²) in [7, 11) is 0. The molecule has 0 saturated heterocycles. The molecule has 0 radical (unpaired) electrons. The van der Waals surface area contributed by atoms with Crippen LogP contribution in [0.1, 0.15) is 32.1 Å². The average molecular weight is 230 g/mol. The highest BCUT2D eigenvalue weighted by Gasteiger charge is 2.48. The van der Waals surface area contributed by atoms with Gasteiger partial charge in [0.25, 0.3) is 0 Å². The molecule has 0 amide bonds. The summed E-state index contributed by atoms with van der Waals surface area (Å²) in [6.45, 7) is 0. The first-order chi connectivity index (χ1) is 6.72. The van der Waals surface area contributed by atoms with E-state index < -0.39 is 0 Å². The molecule has 4 N–H and O–H groups in total. The van der Waals surface area contributed by atoms with Crippen molar-refractivity contribution in [3.8, 4) is 0 Å². The van der Waals surface area contributed by atoms with Crippen LogP contribution in [0.15, 0.2) is 4.99 Å². The van der Waals surface area contributed by atoms with E-state index in [1.165, 1.54) is 32.1 Å². The van der Waals surface area contributed by atoms with E-state index in [4.69, 9.17) is 11.5 Å². The molecule has 0 atom stereocenters. The highest BCUT2D eigenvalue weighted by Crippen LogP contribution is 2.54. The zero-order valence-electron chi connectivity index (χ0n) is 8.93. The van der Waals surface area contributed by atoms with E-state index in [9.17, 15) is 0 Å². The lowest BCUT2D eigenvalue weighted by atomic mass is 9.54. The number of hydrogen-bond donors (Lipinski definition) is 2. The second-order valence-corrected chi connectivity index (χ2v) is 5.48. The molecule has 4 fully saturated rings. The molecule has 15 heavy (non-hydrogen) atoms. The summed E-state index contributed by atoms with van der Waals surface area (Å²) in [6.07, 6.45) is 7.02. The Balaban J connectivity index is 0.000000853. The summed E-state index contributed by atoms with van der Waals surface area (Å²) in [5.41, 5.74) is 11.0. The van der Waals surface area contributed by atoms with Crippen molar-refractivity contribution in [2.24, 2.45) is 40.1 Å². The fourth-order valence-electron chi connectivity index (χ4n) is 4.28. The summed E-state index contributed by atoms with van der Waals surface area (Å²) in [5, 5.41) is 0. The Morgan fingerprint density at radius 3 is 1.73 bits per heavy atom. The molecule has 86 valence electrons. The third kappa shape index (κ3) is 1.82. The first-order valence-corrected chi connectivity index (χ1v) is 5.81. The van der Waals surface area contributed by atoms with E-state index in [0.29, 0.717) is 12.0 Å². The quantitative estimate of drug-likeness (QED) is 0.529. The first kappa shape index (κ1) is 11.1. The maximum absolute atomic E-state index is 5.50. The van der Waals surface area contributed by atoms with Gasteiger partial charge in [-0.15, -0.1) is 12.4 Å². The Hall–Kier alpha value is -0.440. The summed E-state index contributed by atoms with van der Waals surface area (Å²) in [4.78, 5) is 4.45. The number of rotatable bonds is 1. The molecule has 3 nitrogen and oxygen atoms in total. The van der Waals surface area contributed by atoms with Gasteiger partial charge in [0.05, 0.1) is 6.04 Å². The lowest BCUT2D eigenvalue weighted by Crippen LogP contribution is -2.48. The van der Waals surface area contributed by atoms with Crippen LogP contribution >= 0.6 is 12.4 Å². The van der Waals surface area contributed by atoms with E-state index in [-0.39, 0.29) is 12.4 Å². The largest absolute Gasteiger partial charge is 0.370 e. The van der Waals surface area contributed by atoms with E-state index in [2.05, 4.69) is 4.99 Å². The fraction of sp³-hybridized carbons (Fsp3) is 0.909. The molecule has 4 bridgehead atoms. The Morgan fingerprint density at radius 1 is 0.867 bits per heavy atom. The molecule has 0 aromatic carbocycles. The molecule has 0 spiro atoms. The van der Waals surface area contributed by atoms with Crippen molar-refractivity contribution >= 4 is 18.4 Å². The molecule has 0 aliphatic heterocycles. The zero-order chi connectivity index (χ0) is 9.71. The number of aliphatic imine (C=N–C) groups is 1. The molecular formula is C11H20ClN3. The van der Waals surface area contributed by atoms with E-state index in [1.807, 2.05) is 0 Å². The van der Waals surface area contributed by atoms with Crippen LogP contribution in [0.25, 0.3) is 0 Å². The predicted octanol–water partition coefficient (Wildman–Crippen LogP) is 1.51. The van der Waals surface area contributed by atoms with Crippen molar-refractivity contribution < 1.29 is 0 Å². The smallest absolute Gasteiger partial charge is 0.186 e. The lowest BCUT2D eigenvalue weighted by Gasteiger charge is -2.53. The zero-order valence-corrected chi connectivity index (χ0v) is 9.75. The highest BCUT2D eigenvalue weighted by atomic mass is 35.5. The minimum atomic E-state index is 0. The number of halogens is 1. The Kier molecular flexibility index (Phi) is 2.84. The second kappa shape index (κ2) is 3.85. The summed E-state index contributed by atoms with van der Waals surface area (Å²) >= 11 is 0. The number of hydrogen-bond acceptors (Lipinski definition) is 1. The predicted molar refractivity (Wildman–Crippen MR) is 63.9 cm³/mol. The Bertz CT molecular complexity index is 245. The Labute approximate surface area is 97.1 Å². The van der Waals surface area contributed by atoms with Crippen molar-refractivity contribution in [2.75, 3.05) is 0 Å². The minimum Gasteiger partial charge on any atom is -0.370 e. The lowest BCUT2D eigenvalue weighted by molar-refractivity contribution is 0.00120. The van der Waals surface area contributed by atoms with Crippen molar-refractivity contribution in [1.29, 1.82) is 0 Å². The SMILES string of the molecule is Cl.NC(N)=NC1C2CC3CC(C2)CC1C3. The van der Waals surface area contributed by atoms with Crippen molar-refractivity contribution in [1.82, 2.24) is 0 Å². The van der Waals surface area contributed by atoms with E-state index >= 15 is 0 Å². The van der Waals surface area contributed by atoms with Crippen LogP contribution in [0.4, 0.5) is 0 Å². The van der Waals surface area contributed by atoms with Crippen molar-refractivity contribution in [3.05, 3.63) is 0 Å². The van der Waals surface area contributed by atoms with Gasteiger partial charge in [-0.1, -0.05) is 0 Å². The molecule has 4 heteroatoms. The molecule has 4 rings (SSSR count). The third-order valence-corrected chi connectivity index (χ3v) is 4.48. The number of nitrogens with two attached hydrogens (primary N) is 2. The molecule has 4 aliphatic carbocycles. The first-order valence-electron chi connectivity index (χ1n) is 5.81. The Morgan fingerprint density at radius 2 is 1.33 bits per heavy atom. The number of nitrogens with zero attached hydrogens (tertiary/aromatic N) is 1. The van der Waals surface area contributed by atoms with Crippen LogP contribution in [-0.4, -0.2) is 12.0 Å². The van der Waals surface area contributed by atoms with Crippen LogP contribution in [0.3, 0.4) is 0 Å². The fourth-order valence-corrected chi connectivity index (χ4v) is 4.28. The molecule has 0 aromatic heterocycles. The standard InChI is InChI=1S/C11H19N3.ClH/c12-11(13)14-10-8-2-6-1-7(4-8)5-9(10)3-6;/h6-10H,1-5H2,(H4,12,13,14);1H. The van der Waals surface area contributed by atoms with Gasteiger partial charge < -0.3 is 11.5 Å². The second-order valence-electron chi connectivity index (χ2n) is 5.48. The summed E-state index contributed by atoms with van der Waals surface area (Å²) < 4.78 is 0. The van der Waals surface area contributed by atoms with Gasteiger partial charge in [-0.05, 0) is 55.8 Å². The van der Waals surface area contributed by atoms with Crippen LogP contribution in [0.2, 0.25) is 0 Å². The van der Waals surface area contributed by atoms with Gasteiger partial charge in [0, 0.05) is 0 Å². The van der Waals surface area contributed by atoms with Crippen molar-refractivity contribution in [2.45, 2.75) is 38.1 Å². The number of guanidine groups is 1. The van der Waals surface area contributed by atoms with E-state index in [1.54, 1.807) is 0 Å². The third-order valence-electron chi connectivity index (χ3n) is 4.48. The van der Waals surface area contributed by atoms with Gasteiger partial charge in [-0.25, -0.2) is 4.99 Å². The average Bonchev–Trinajstić information content (AvgIpc) is 2.09. The maximum atomic E-state index is 5.50. The van der Waals surface area contributed by atoms with E-state index in [0.717, 1.165) is 23.7 Å².